The molecule has 0 aromatic carbocycles. The summed E-state index contributed by atoms with van der Waals surface area (Å²) in [4.78, 5) is 0. The van der Waals surface area contributed by atoms with Crippen LogP contribution < -0.4 is 5.32 Å². The molecule has 1 atom stereocenters. The lowest BCUT2D eigenvalue weighted by molar-refractivity contribution is 0.429. The van der Waals surface area contributed by atoms with Gasteiger partial charge in [-0.2, -0.15) is 0 Å². The molecule has 1 fully saturated rings. The molecule has 1 saturated carbocycles. The minimum absolute atomic E-state index is 0.280. The van der Waals surface area contributed by atoms with Crippen LogP contribution in [0.15, 0.2) is 0 Å². The molecule has 0 amide bonds. The Balaban J connectivity index is 2.22. The van der Waals surface area contributed by atoms with Gasteiger partial charge in [-0.25, -0.2) is 8.42 Å². The summed E-state index contributed by atoms with van der Waals surface area (Å²) in [5.74, 6) is 1.55. The van der Waals surface area contributed by atoms with E-state index in [1.165, 1.54) is 19.3 Å². The monoisotopic (exact) mass is 261 g/mol. The maximum atomic E-state index is 11.4. The van der Waals surface area contributed by atoms with Crippen molar-refractivity contribution in [3.8, 4) is 0 Å². The van der Waals surface area contributed by atoms with Gasteiger partial charge < -0.3 is 5.32 Å². The molecule has 17 heavy (non-hydrogen) atoms. The molecule has 3 nitrogen and oxygen atoms in total. The fraction of sp³-hybridized carbons (Fsp3) is 1.00. The zero-order valence-corrected chi connectivity index (χ0v) is 12.1. The summed E-state index contributed by atoms with van der Waals surface area (Å²) in [6.45, 7) is 4.95. The molecule has 0 aromatic rings. The Morgan fingerprint density at radius 1 is 1.29 bits per heavy atom. The first-order chi connectivity index (χ1) is 8.07. The van der Waals surface area contributed by atoms with E-state index >= 15 is 0 Å². The van der Waals surface area contributed by atoms with Crippen LogP contribution in [-0.4, -0.2) is 32.5 Å². The van der Waals surface area contributed by atoms with Crippen LogP contribution in [-0.2, 0) is 9.84 Å². The van der Waals surface area contributed by atoms with E-state index in [2.05, 4.69) is 12.2 Å². The normalized spacial score (nSPS) is 18.2. The van der Waals surface area contributed by atoms with Gasteiger partial charge in [-0.15, -0.1) is 0 Å². The maximum absolute atomic E-state index is 11.4. The van der Waals surface area contributed by atoms with Crippen LogP contribution in [0.3, 0.4) is 0 Å². The van der Waals surface area contributed by atoms with Crippen LogP contribution in [0.5, 0.6) is 0 Å². The Labute approximate surface area is 106 Å². The van der Waals surface area contributed by atoms with Crippen LogP contribution in [0, 0.1) is 5.92 Å². The van der Waals surface area contributed by atoms with Crippen molar-refractivity contribution in [2.45, 2.75) is 58.4 Å². The van der Waals surface area contributed by atoms with Gasteiger partial charge in [-0.1, -0.05) is 26.7 Å². The summed E-state index contributed by atoms with van der Waals surface area (Å²) in [7, 11) is -2.78. The zero-order chi connectivity index (χ0) is 12.7. The van der Waals surface area contributed by atoms with Crippen molar-refractivity contribution in [1.29, 1.82) is 0 Å². The molecule has 0 aliphatic heterocycles. The Hall–Kier alpha value is -0.0900. The molecule has 1 N–H and O–H groups in total. The average Bonchev–Trinajstić information content (AvgIpc) is 3.09. The van der Waals surface area contributed by atoms with E-state index in [4.69, 9.17) is 0 Å². The molecule has 0 spiro atoms. The topological polar surface area (TPSA) is 46.2 Å². The third-order valence-corrected chi connectivity index (χ3v) is 5.24. The summed E-state index contributed by atoms with van der Waals surface area (Å²) in [5, 5.41) is 3.55. The minimum atomic E-state index is -2.78. The van der Waals surface area contributed by atoms with E-state index in [9.17, 15) is 8.42 Å². The quantitative estimate of drug-likeness (QED) is 0.657. The van der Waals surface area contributed by atoms with Gasteiger partial charge in [0.05, 0.1) is 5.75 Å². The highest BCUT2D eigenvalue weighted by molar-refractivity contribution is 7.91. The molecule has 1 rings (SSSR count). The number of rotatable bonds is 10. The van der Waals surface area contributed by atoms with Crippen molar-refractivity contribution in [3.05, 3.63) is 0 Å². The highest BCUT2D eigenvalue weighted by Gasteiger charge is 2.25. The van der Waals surface area contributed by atoms with Crippen LogP contribution >= 0.6 is 0 Å². The third kappa shape index (κ3) is 7.04. The van der Waals surface area contributed by atoms with Crippen molar-refractivity contribution in [3.63, 3.8) is 0 Å². The predicted octanol–water partition coefficient (Wildman–Crippen LogP) is 2.37. The average molecular weight is 261 g/mol. The fourth-order valence-electron chi connectivity index (χ4n) is 2.10. The smallest absolute Gasteiger partial charge is 0.150 e. The van der Waals surface area contributed by atoms with Gasteiger partial charge in [0.15, 0.2) is 0 Å². The van der Waals surface area contributed by atoms with Crippen LogP contribution in [0.4, 0.5) is 0 Å². The SMILES string of the molecule is CCCNC(CCCS(=O)(=O)CC)CC1CC1. The number of nitrogens with one attached hydrogen (secondary N) is 1. The van der Waals surface area contributed by atoms with E-state index in [1.54, 1.807) is 6.92 Å². The molecular weight excluding hydrogens is 234 g/mol. The molecule has 4 heteroatoms. The van der Waals surface area contributed by atoms with Crippen molar-refractivity contribution < 1.29 is 8.42 Å². The van der Waals surface area contributed by atoms with Crippen molar-refractivity contribution in [2.75, 3.05) is 18.1 Å². The highest BCUT2D eigenvalue weighted by Crippen LogP contribution is 2.34. The molecule has 0 saturated heterocycles. The van der Waals surface area contributed by atoms with Gasteiger partial charge >= 0.3 is 0 Å². The number of hydrogen-bond donors (Lipinski definition) is 1. The predicted molar refractivity (Wildman–Crippen MR) is 73.0 cm³/mol. The van der Waals surface area contributed by atoms with Crippen molar-refractivity contribution >= 4 is 9.84 Å². The molecular formula is C13H27NO2S. The lowest BCUT2D eigenvalue weighted by Crippen LogP contribution is -2.30. The first-order valence-corrected chi connectivity index (χ1v) is 8.83. The summed E-state index contributed by atoms with van der Waals surface area (Å²) in [6, 6.07) is 0.537. The molecule has 0 heterocycles. The van der Waals surface area contributed by atoms with Gasteiger partial charge in [0.25, 0.3) is 0 Å². The lowest BCUT2D eigenvalue weighted by Gasteiger charge is -2.18. The summed E-state index contributed by atoms with van der Waals surface area (Å²) >= 11 is 0. The first-order valence-electron chi connectivity index (χ1n) is 7.01. The highest BCUT2D eigenvalue weighted by atomic mass is 32.2. The van der Waals surface area contributed by atoms with Gasteiger partial charge in [-0.05, 0) is 38.1 Å². The van der Waals surface area contributed by atoms with E-state index in [-0.39, 0.29) is 5.75 Å². The van der Waals surface area contributed by atoms with Crippen LogP contribution in [0.25, 0.3) is 0 Å². The van der Waals surface area contributed by atoms with Gasteiger partial charge in [0.1, 0.15) is 9.84 Å². The Morgan fingerprint density at radius 3 is 2.53 bits per heavy atom. The fourth-order valence-corrected chi connectivity index (χ4v) is 3.00. The van der Waals surface area contributed by atoms with E-state index in [1.807, 2.05) is 0 Å². The lowest BCUT2D eigenvalue weighted by atomic mass is 10.1. The second-order valence-electron chi connectivity index (χ2n) is 5.21. The van der Waals surface area contributed by atoms with E-state index in [0.717, 1.165) is 31.7 Å². The van der Waals surface area contributed by atoms with E-state index < -0.39 is 9.84 Å². The summed E-state index contributed by atoms with van der Waals surface area (Å²) < 4.78 is 22.8. The Bertz CT molecular complexity index is 297. The zero-order valence-electron chi connectivity index (χ0n) is 11.2. The minimum Gasteiger partial charge on any atom is -0.314 e. The standard InChI is InChI=1S/C13H27NO2S/c1-3-9-14-13(11-12-7-8-12)6-5-10-17(15,16)4-2/h12-14H,3-11H2,1-2H3. The molecule has 0 aromatic heterocycles. The molecule has 1 unspecified atom stereocenters. The van der Waals surface area contributed by atoms with E-state index in [0.29, 0.717) is 11.8 Å². The molecule has 102 valence electrons. The number of hydrogen-bond acceptors (Lipinski definition) is 3. The third-order valence-electron chi connectivity index (χ3n) is 3.45. The van der Waals surface area contributed by atoms with Gasteiger partial charge in [0, 0.05) is 11.8 Å². The second kappa shape index (κ2) is 7.37. The van der Waals surface area contributed by atoms with Crippen LogP contribution in [0.1, 0.15) is 52.4 Å². The van der Waals surface area contributed by atoms with Crippen molar-refractivity contribution in [2.24, 2.45) is 5.92 Å². The second-order valence-corrected chi connectivity index (χ2v) is 7.68. The maximum Gasteiger partial charge on any atom is 0.150 e. The molecule has 1 aliphatic rings. The molecule has 1 aliphatic carbocycles. The van der Waals surface area contributed by atoms with Crippen molar-refractivity contribution in [1.82, 2.24) is 5.32 Å². The Kier molecular flexibility index (Phi) is 6.49. The summed E-state index contributed by atoms with van der Waals surface area (Å²) in [6.07, 6.45) is 6.95. The molecule has 0 bridgehead atoms. The largest absolute Gasteiger partial charge is 0.314 e. The Morgan fingerprint density at radius 2 is 2.00 bits per heavy atom. The summed E-state index contributed by atoms with van der Waals surface area (Å²) in [5.41, 5.74) is 0. The molecule has 0 radical (unpaired) electrons. The first kappa shape index (κ1) is 15.0. The number of sulfone groups is 1. The van der Waals surface area contributed by atoms with Crippen LogP contribution in [0.2, 0.25) is 0 Å². The van der Waals surface area contributed by atoms with Gasteiger partial charge in [-0.3, -0.25) is 0 Å². The van der Waals surface area contributed by atoms with Gasteiger partial charge in [0.2, 0.25) is 0 Å².